The SMILES string of the molecule is O=C(c1ccc(COc2ccc(F)c(Cl)c2)cc1)N1CCCC1. The molecule has 3 nitrogen and oxygen atoms in total. The summed E-state index contributed by atoms with van der Waals surface area (Å²) in [5.74, 6) is 0.123. The van der Waals surface area contributed by atoms with Crippen LogP contribution in [0.5, 0.6) is 5.75 Å². The maximum absolute atomic E-state index is 13.1. The summed E-state index contributed by atoms with van der Waals surface area (Å²) in [5.41, 5.74) is 1.63. The molecule has 1 aliphatic rings. The predicted octanol–water partition coefficient (Wildman–Crippen LogP) is 4.29. The van der Waals surface area contributed by atoms with Gasteiger partial charge in [0.2, 0.25) is 0 Å². The molecule has 120 valence electrons. The Kier molecular flexibility index (Phi) is 4.82. The Bertz CT molecular complexity index is 697. The molecule has 0 saturated carbocycles. The van der Waals surface area contributed by atoms with Gasteiger partial charge >= 0.3 is 0 Å². The highest BCUT2D eigenvalue weighted by Gasteiger charge is 2.19. The highest BCUT2D eigenvalue weighted by atomic mass is 35.5. The third-order valence-corrected chi connectivity index (χ3v) is 4.18. The van der Waals surface area contributed by atoms with Crippen molar-refractivity contribution in [3.63, 3.8) is 0 Å². The number of halogens is 2. The second kappa shape index (κ2) is 7.01. The van der Waals surface area contributed by atoms with Gasteiger partial charge in [0.05, 0.1) is 5.02 Å². The van der Waals surface area contributed by atoms with E-state index in [1.165, 1.54) is 18.2 Å². The molecule has 1 aliphatic heterocycles. The molecule has 0 spiro atoms. The number of ether oxygens (including phenoxy) is 1. The number of benzene rings is 2. The van der Waals surface area contributed by atoms with E-state index in [1.54, 1.807) is 0 Å². The Balaban J connectivity index is 1.60. The molecule has 0 bridgehead atoms. The number of hydrogen-bond donors (Lipinski definition) is 0. The predicted molar refractivity (Wildman–Crippen MR) is 87.3 cm³/mol. The Labute approximate surface area is 139 Å². The Morgan fingerprint density at radius 2 is 1.83 bits per heavy atom. The van der Waals surface area contributed by atoms with E-state index >= 15 is 0 Å². The molecule has 5 heteroatoms. The lowest BCUT2D eigenvalue weighted by molar-refractivity contribution is 0.0793. The van der Waals surface area contributed by atoms with Crippen molar-refractivity contribution in [1.82, 2.24) is 4.90 Å². The fraction of sp³-hybridized carbons (Fsp3) is 0.278. The first-order valence-electron chi connectivity index (χ1n) is 7.59. The van der Waals surface area contributed by atoms with Gasteiger partial charge < -0.3 is 9.64 Å². The topological polar surface area (TPSA) is 29.5 Å². The molecule has 0 atom stereocenters. The summed E-state index contributed by atoms with van der Waals surface area (Å²) >= 11 is 5.72. The van der Waals surface area contributed by atoms with E-state index in [4.69, 9.17) is 16.3 Å². The van der Waals surface area contributed by atoms with Crippen LogP contribution >= 0.6 is 11.6 Å². The van der Waals surface area contributed by atoms with Gasteiger partial charge in [0.25, 0.3) is 5.91 Å². The third-order valence-electron chi connectivity index (χ3n) is 3.89. The minimum atomic E-state index is -0.469. The van der Waals surface area contributed by atoms with Crippen LogP contribution in [0.2, 0.25) is 5.02 Å². The molecule has 3 rings (SSSR count). The van der Waals surface area contributed by atoms with Crippen molar-refractivity contribution in [3.8, 4) is 5.75 Å². The molecule has 23 heavy (non-hydrogen) atoms. The van der Waals surface area contributed by atoms with Crippen LogP contribution in [0.4, 0.5) is 4.39 Å². The van der Waals surface area contributed by atoms with Gasteiger partial charge in [-0.3, -0.25) is 4.79 Å². The molecule has 0 aromatic heterocycles. The van der Waals surface area contributed by atoms with Gasteiger partial charge in [-0.05, 0) is 42.7 Å². The van der Waals surface area contributed by atoms with Crippen molar-refractivity contribution in [2.24, 2.45) is 0 Å². The van der Waals surface area contributed by atoms with Gasteiger partial charge in [-0.15, -0.1) is 0 Å². The van der Waals surface area contributed by atoms with Gasteiger partial charge in [0, 0.05) is 24.7 Å². The van der Waals surface area contributed by atoms with E-state index in [9.17, 15) is 9.18 Å². The monoisotopic (exact) mass is 333 g/mol. The normalized spacial score (nSPS) is 14.1. The van der Waals surface area contributed by atoms with Gasteiger partial charge in [-0.2, -0.15) is 0 Å². The number of nitrogens with zero attached hydrogens (tertiary/aromatic N) is 1. The summed E-state index contributed by atoms with van der Waals surface area (Å²) in [7, 11) is 0. The van der Waals surface area contributed by atoms with Crippen LogP contribution in [-0.4, -0.2) is 23.9 Å². The quantitative estimate of drug-likeness (QED) is 0.835. The Morgan fingerprint density at radius 1 is 1.13 bits per heavy atom. The lowest BCUT2D eigenvalue weighted by Gasteiger charge is -2.15. The summed E-state index contributed by atoms with van der Waals surface area (Å²) in [4.78, 5) is 14.1. The van der Waals surface area contributed by atoms with Crippen molar-refractivity contribution in [2.75, 3.05) is 13.1 Å². The fourth-order valence-corrected chi connectivity index (χ4v) is 2.75. The number of likely N-dealkylation sites (tertiary alicyclic amines) is 1. The lowest BCUT2D eigenvalue weighted by Crippen LogP contribution is -2.27. The van der Waals surface area contributed by atoms with Crippen molar-refractivity contribution < 1.29 is 13.9 Å². The third kappa shape index (κ3) is 3.82. The zero-order chi connectivity index (χ0) is 16.2. The van der Waals surface area contributed by atoms with E-state index in [2.05, 4.69) is 0 Å². The van der Waals surface area contributed by atoms with Gasteiger partial charge in [-0.25, -0.2) is 4.39 Å². The Morgan fingerprint density at radius 3 is 2.48 bits per heavy atom. The molecule has 1 saturated heterocycles. The molecule has 2 aromatic rings. The summed E-state index contributed by atoms with van der Waals surface area (Å²) in [5, 5.41) is 0.0362. The van der Waals surface area contributed by atoms with Gasteiger partial charge in [0.1, 0.15) is 18.2 Å². The minimum absolute atomic E-state index is 0.0362. The number of amides is 1. The number of carbonyl (C=O) groups is 1. The highest BCUT2D eigenvalue weighted by Crippen LogP contribution is 2.22. The van der Waals surface area contributed by atoms with Crippen LogP contribution in [0.25, 0.3) is 0 Å². The first-order chi connectivity index (χ1) is 11.1. The smallest absolute Gasteiger partial charge is 0.253 e. The van der Waals surface area contributed by atoms with Crippen LogP contribution in [-0.2, 0) is 6.61 Å². The summed E-state index contributed by atoms with van der Waals surface area (Å²) in [6.07, 6.45) is 2.16. The average Bonchev–Trinajstić information content (AvgIpc) is 3.10. The van der Waals surface area contributed by atoms with E-state index < -0.39 is 5.82 Å². The standard InChI is InChI=1S/C18H17ClFNO2/c19-16-11-15(7-8-17(16)20)23-12-13-3-5-14(6-4-13)18(22)21-9-1-2-10-21/h3-8,11H,1-2,9-10,12H2. The maximum Gasteiger partial charge on any atom is 0.253 e. The first kappa shape index (κ1) is 15.8. The molecular weight excluding hydrogens is 317 g/mol. The van der Waals surface area contributed by atoms with Gasteiger partial charge in [0.15, 0.2) is 0 Å². The second-order valence-electron chi connectivity index (χ2n) is 5.56. The van der Waals surface area contributed by atoms with Crippen LogP contribution in [0.15, 0.2) is 42.5 Å². The lowest BCUT2D eigenvalue weighted by atomic mass is 10.1. The van der Waals surface area contributed by atoms with E-state index in [-0.39, 0.29) is 10.9 Å². The van der Waals surface area contributed by atoms with E-state index in [0.29, 0.717) is 17.9 Å². The zero-order valence-electron chi connectivity index (χ0n) is 12.6. The largest absolute Gasteiger partial charge is 0.489 e. The van der Waals surface area contributed by atoms with Crippen molar-refractivity contribution >= 4 is 17.5 Å². The molecule has 0 radical (unpaired) electrons. The summed E-state index contributed by atoms with van der Waals surface area (Å²) < 4.78 is 18.7. The first-order valence-corrected chi connectivity index (χ1v) is 7.97. The van der Waals surface area contributed by atoms with Crippen molar-refractivity contribution in [1.29, 1.82) is 0 Å². The fourth-order valence-electron chi connectivity index (χ4n) is 2.58. The molecule has 0 N–H and O–H groups in total. The van der Waals surface area contributed by atoms with Gasteiger partial charge in [-0.1, -0.05) is 23.7 Å². The zero-order valence-corrected chi connectivity index (χ0v) is 13.4. The van der Waals surface area contributed by atoms with Crippen LogP contribution in [0, 0.1) is 5.82 Å². The summed E-state index contributed by atoms with van der Waals surface area (Å²) in [6.45, 7) is 2.02. The van der Waals surface area contributed by atoms with Crippen molar-refractivity contribution in [2.45, 2.75) is 19.4 Å². The van der Waals surface area contributed by atoms with Crippen molar-refractivity contribution in [3.05, 3.63) is 64.4 Å². The number of rotatable bonds is 4. The molecular formula is C18H17ClFNO2. The van der Waals surface area contributed by atoms with Crippen LogP contribution < -0.4 is 4.74 Å². The second-order valence-corrected chi connectivity index (χ2v) is 5.97. The molecule has 1 heterocycles. The average molecular weight is 334 g/mol. The van der Waals surface area contributed by atoms with Crippen LogP contribution in [0.3, 0.4) is 0 Å². The minimum Gasteiger partial charge on any atom is -0.489 e. The van der Waals surface area contributed by atoms with E-state index in [1.807, 2.05) is 29.2 Å². The highest BCUT2D eigenvalue weighted by molar-refractivity contribution is 6.30. The molecule has 1 amide bonds. The summed E-state index contributed by atoms with van der Waals surface area (Å²) in [6, 6.07) is 11.6. The molecule has 0 unspecified atom stereocenters. The molecule has 1 fully saturated rings. The van der Waals surface area contributed by atoms with E-state index in [0.717, 1.165) is 31.5 Å². The number of hydrogen-bond acceptors (Lipinski definition) is 2. The maximum atomic E-state index is 13.1. The molecule has 0 aliphatic carbocycles. The number of carbonyl (C=O) groups excluding carboxylic acids is 1. The van der Waals surface area contributed by atoms with Crippen LogP contribution in [0.1, 0.15) is 28.8 Å². The molecule has 2 aromatic carbocycles. The Hall–Kier alpha value is -2.07.